The number of nitrogens with zero attached hydrogens (tertiary/aromatic N) is 1. The molecule has 2 fully saturated rings. The number of thioether (sulfide) groups is 1. The van der Waals surface area contributed by atoms with E-state index in [2.05, 4.69) is 53.2 Å². The normalized spacial score (nSPS) is 34.4. The second kappa shape index (κ2) is 5.94. The fourth-order valence-electron chi connectivity index (χ4n) is 4.48. The van der Waals surface area contributed by atoms with Gasteiger partial charge in [0.25, 0.3) is 0 Å². The summed E-state index contributed by atoms with van der Waals surface area (Å²) in [5, 5.41) is 4.53. The first-order valence-corrected chi connectivity index (χ1v) is 9.44. The van der Waals surface area contributed by atoms with E-state index in [0.29, 0.717) is 0 Å². The van der Waals surface area contributed by atoms with Gasteiger partial charge in [0.15, 0.2) is 0 Å². The van der Waals surface area contributed by atoms with Gasteiger partial charge in [0.05, 0.1) is 0 Å². The van der Waals surface area contributed by atoms with E-state index in [-0.39, 0.29) is 0 Å². The minimum absolute atomic E-state index is 0.759. The maximum Gasteiger partial charge on any atom is 0.0263 e. The van der Waals surface area contributed by atoms with Crippen LogP contribution in [0.15, 0.2) is 29.2 Å². The number of fused-ring (bicyclic) bond motifs is 3. The van der Waals surface area contributed by atoms with Gasteiger partial charge in [-0.2, -0.15) is 0 Å². The molecule has 0 aromatic heterocycles. The Morgan fingerprint density at radius 1 is 1.19 bits per heavy atom. The van der Waals surface area contributed by atoms with Crippen LogP contribution in [0.5, 0.6) is 0 Å². The molecule has 3 aliphatic rings. The third kappa shape index (κ3) is 2.88. The zero-order valence-corrected chi connectivity index (χ0v) is 13.7. The maximum absolute atomic E-state index is 3.78. The molecule has 2 saturated heterocycles. The molecule has 0 amide bonds. The lowest BCUT2D eigenvalue weighted by Gasteiger charge is -2.38. The van der Waals surface area contributed by atoms with E-state index in [1.807, 2.05) is 0 Å². The molecule has 1 N–H and O–H groups in total. The number of piperidine rings is 1. The molecule has 3 heterocycles. The van der Waals surface area contributed by atoms with Gasteiger partial charge < -0.3 is 5.32 Å². The summed E-state index contributed by atoms with van der Waals surface area (Å²) in [6, 6.07) is 11.4. The summed E-state index contributed by atoms with van der Waals surface area (Å²) in [6.45, 7) is 4.81. The summed E-state index contributed by atoms with van der Waals surface area (Å²) in [5.74, 6) is 0. The Bertz CT molecular complexity index is 467. The van der Waals surface area contributed by atoms with Gasteiger partial charge in [-0.3, -0.25) is 4.90 Å². The lowest BCUT2D eigenvalue weighted by Crippen LogP contribution is -2.49. The van der Waals surface area contributed by atoms with Crippen molar-refractivity contribution in [3.05, 3.63) is 29.8 Å². The van der Waals surface area contributed by atoms with Crippen LogP contribution < -0.4 is 5.32 Å². The fraction of sp³-hybridized carbons (Fsp3) is 0.667. The van der Waals surface area contributed by atoms with Gasteiger partial charge in [-0.05, 0) is 50.3 Å². The molecule has 0 radical (unpaired) electrons. The van der Waals surface area contributed by atoms with Crippen molar-refractivity contribution in [2.45, 2.75) is 67.3 Å². The van der Waals surface area contributed by atoms with Crippen LogP contribution in [0.3, 0.4) is 0 Å². The molecule has 1 aromatic carbocycles. The lowest BCUT2D eigenvalue weighted by molar-refractivity contribution is 0.148. The molecular weight excluding hydrogens is 276 g/mol. The molecule has 0 saturated carbocycles. The van der Waals surface area contributed by atoms with E-state index in [0.717, 1.165) is 23.4 Å². The van der Waals surface area contributed by atoms with E-state index in [1.54, 1.807) is 5.56 Å². The average Bonchev–Trinajstić information content (AvgIpc) is 3.07. The highest BCUT2D eigenvalue weighted by Gasteiger charge is 2.36. The fourth-order valence-corrected chi connectivity index (χ4v) is 5.83. The summed E-state index contributed by atoms with van der Waals surface area (Å²) < 4.78 is 0. The molecule has 3 heteroatoms. The first-order chi connectivity index (χ1) is 10.3. The van der Waals surface area contributed by atoms with Gasteiger partial charge in [0.1, 0.15) is 0 Å². The number of nitrogens with one attached hydrogen (secondary N) is 1. The second-order valence-corrected chi connectivity index (χ2v) is 8.24. The highest BCUT2D eigenvalue weighted by atomic mass is 32.2. The van der Waals surface area contributed by atoms with Crippen LogP contribution in [0.2, 0.25) is 0 Å². The van der Waals surface area contributed by atoms with Gasteiger partial charge >= 0.3 is 0 Å². The molecule has 0 aliphatic carbocycles. The van der Waals surface area contributed by atoms with E-state index >= 15 is 0 Å². The predicted octanol–water partition coefficient (Wildman–Crippen LogP) is 3.31. The van der Waals surface area contributed by atoms with E-state index in [9.17, 15) is 0 Å². The smallest absolute Gasteiger partial charge is 0.0263 e. The van der Waals surface area contributed by atoms with Crippen molar-refractivity contribution in [3.63, 3.8) is 0 Å². The summed E-state index contributed by atoms with van der Waals surface area (Å²) >= 11 is 2.10. The van der Waals surface area contributed by atoms with Crippen LogP contribution in [0, 0.1) is 0 Å². The molecule has 2 nitrogen and oxygen atoms in total. The van der Waals surface area contributed by atoms with Crippen molar-refractivity contribution in [1.29, 1.82) is 0 Å². The van der Waals surface area contributed by atoms with Crippen molar-refractivity contribution in [2.75, 3.05) is 13.1 Å². The van der Waals surface area contributed by atoms with Crippen molar-refractivity contribution < 1.29 is 0 Å². The zero-order valence-electron chi connectivity index (χ0n) is 12.9. The molecule has 3 atom stereocenters. The Balaban J connectivity index is 1.39. The van der Waals surface area contributed by atoms with Crippen LogP contribution >= 0.6 is 11.8 Å². The highest BCUT2D eigenvalue weighted by molar-refractivity contribution is 8.00. The Morgan fingerprint density at radius 2 is 1.95 bits per heavy atom. The number of benzene rings is 1. The van der Waals surface area contributed by atoms with Crippen molar-refractivity contribution >= 4 is 11.8 Å². The van der Waals surface area contributed by atoms with Crippen LogP contribution in [-0.2, 0) is 6.42 Å². The molecule has 21 heavy (non-hydrogen) atoms. The highest BCUT2D eigenvalue weighted by Crippen LogP contribution is 2.38. The molecule has 0 spiro atoms. The second-order valence-electron chi connectivity index (χ2n) is 6.90. The van der Waals surface area contributed by atoms with Crippen molar-refractivity contribution in [1.82, 2.24) is 10.2 Å². The summed E-state index contributed by atoms with van der Waals surface area (Å²) in [4.78, 5) is 4.29. The van der Waals surface area contributed by atoms with Gasteiger partial charge in [-0.15, -0.1) is 11.8 Å². The van der Waals surface area contributed by atoms with E-state index in [4.69, 9.17) is 0 Å². The third-order valence-corrected chi connectivity index (χ3v) is 6.82. The van der Waals surface area contributed by atoms with Gasteiger partial charge in [-0.1, -0.05) is 25.1 Å². The van der Waals surface area contributed by atoms with Gasteiger partial charge in [-0.25, -0.2) is 0 Å². The first kappa shape index (κ1) is 14.1. The Kier molecular flexibility index (Phi) is 3.99. The number of rotatable bonds is 4. The SMILES string of the molecule is CCN(CC1Cc2ccccc2S1)C1CC2CCC(C1)N2. The van der Waals surface area contributed by atoms with E-state index < -0.39 is 0 Å². The number of hydrogen-bond donors (Lipinski definition) is 1. The van der Waals surface area contributed by atoms with Crippen molar-refractivity contribution in [3.8, 4) is 0 Å². The average molecular weight is 302 g/mol. The predicted molar refractivity (Wildman–Crippen MR) is 90.0 cm³/mol. The number of hydrogen-bond acceptors (Lipinski definition) is 3. The van der Waals surface area contributed by atoms with Crippen LogP contribution in [-0.4, -0.2) is 41.4 Å². The van der Waals surface area contributed by atoms with Gasteiger partial charge in [0, 0.05) is 34.8 Å². The molecule has 2 bridgehead atoms. The quantitative estimate of drug-likeness (QED) is 0.918. The first-order valence-electron chi connectivity index (χ1n) is 8.56. The summed E-state index contributed by atoms with van der Waals surface area (Å²) in [5.41, 5.74) is 1.56. The van der Waals surface area contributed by atoms with Crippen LogP contribution in [0.25, 0.3) is 0 Å². The summed E-state index contributed by atoms with van der Waals surface area (Å²) in [7, 11) is 0. The molecular formula is C18H26N2S. The van der Waals surface area contributed by atoms with E-state index in [1.165, 1.54) is 50.1 Å². The minimum atomic E-state index is 0.759. The van der Waals surface area contributed by atoms with Crippen molar-refractivity contribution in [2.24, 2.45) is 0 Å². The summed E-state index contributed by atoms with van der Waals surface area (Å²) in [6.07, 6.45) is 6.81. The Morgan fingerprint density at radius 3 is 2.67 bits per heavy atom. The third-order valence-electron chi connectivity index (χ3n) is 5.52. The van der Waals surface area contributed by atoms with Gasteiger partial charge in [0.2, 0.25) is 0 Å². The van der Waals surface area contributed by atoms with Crippen LogP contribution in [0.1, 0.15) is 38.2 Å². The molecule has 114 valence electrons. The topological polar surface area (TPSA) is 15.3 Å². The Hall–Kier alpha value is -0.510. The largest absolute Gasteiger partial charge is 0.311 e. The lowest BCUT2D eigenvalue weighted by atomic mass is 9.97. The maximum atomic E-state index is 3.78. The molecule has 4 rings (SSSR count). The monoisotopic (exact) mass is 302 g/mol. The van der Waals surface area contributed by atoms with Crippen LogP contribution in [0.4, 0.5) is 0 Å². The molecule has 1 aromatic rings. The molecule has 3 unspecified atom stereocenters. The Labute approximate surface area is 132 Å². The minimum Gasteiger partial charge on any atom is -0.311 e. The zero-order chi connectivity index (χ0) is 14.2. The standard InChI is InChI=1S/C18H26N2S/c1-2-20(16-10-14-7-8-15(11-16)19-14)12-17-9-13-5-3-4-6-18(13)21-17/h3-6,14-17,19H,2,7-12H2,1H3. The molecule has 3 aliphatic heterocycles.